The number of aliphatic hydroxyl groups is 1. The molecule has 2 N–H and O–H groups in total. The van der Waals surface area contributed by atoms with Crippen LogP contribution in [0.25, 0.3) is 0 Å². The molecule has 3 nitrogen and oxygen atoms in total. The second-order valence-electron chi connectivity index (χ2n) is 4.96. The fourth-order valence-corrected chi connectivity index (χ4v) is 3.15. The summed E-state index contributed by atoms with van der Waals surface area (Å²) in [7, 11) is 1.70. The van der Waals surface area contributed by atoms with Gasteiger partial charge in [0.05, 0.1) is 7.11 Å². The summed E-state index contributed by atoms with van der Waals surface area (Å²) in [6.07, 6.45) is 4.14. The number of fused-ring (bicyclic) bond motifs is 1. The van der Waals surface area contributed by atoms with E-state index in [0.717, 1.165) is 38.0 Å². The zero-order valence-electron chi connectivity index (χ0n) is 11.3. The highest BCUT2D eigenvalue weighted by Crippen LogP contribution is 2.39. The molecular formula is C15H23NO2. The van der Waals surface area contributed by atoms with E-state index in [1.807, 2.05) is 6.07 Å². The quantitative estimate of drug-likeness (QED) is 0.840. The summed E-state index contributed by atoms with van der Waals surface area (Å²) in [4.78, 5) is 0. The molecule has 1 aromatic rings. The van der Waals surface area contributed by atoms with E-state index in [9.17, 15) is 5.11 Å². The zero-order valence-corrected chi connectivity index (χ0v) is 11.3. The average Bonchev–Trinajstić information content (AvgIpc) is 2.39. The maximum Gasteiger partial charge on any atom is 0.119 e. The van der Waals surface area contributed by atoms with Gasteiger partial charge in [0.15, 0.2) is 0 Å². The van der Waals surface area contributed by atoms with Crippen molar-refractivity contribution in [3.63, 3.8) is 0 Å². The molecule has 100 valence electrons. The number of aliphatic hydroxyl groups excluding tert-OH is 1. The summed E-state index contributed by atoms with van der Waals surface area (Å²) >= 11 is 0. The van der Waals surface area contributed by atoms with E-state index in [1.54, 1.807) is 7.11 Å². The molecule has 0 bridgehead atoms. The van der Waals surface area contributed by atoms with E-state index in [2.05, 4.69) is 24.4 Å². The Kier molecular flexibility index (Phi) is 4.25. The molecule has 0 saturated carbocycles. The van der Waals surface area contributed by atoms with Gasteiger partial charge in [0.2, 0.25) is 0 Å². The lowest BCUT2D eigenvalue weighted by Crippen LogP contribution is -2.45. The molecule has 0 saturated heterocycles. The van der Waals surface area contributed by atoms with Gasteiger partial charge in [-0.1, -0.05) is 13.0 Å². The predicted octanol–water partition coefficient (Wildman–Crippen LogP) is 2.22. The van der Waals surface area contributed by atoms with Crippen molar-refractivity contribution < 1.29 is 9.84 Å². The second kappa shape index (κ2) is 5.72. The third-order valence-electron chi connectivity index (χ3n) is 3.93. The van der Waals surface area contributed by atoms with Crippen molar-refractivity contribution in [3.8, 4) is 5.75 Å². The first kappa shape index (κ1) is 13.4. The van der Waals surface area contributed by atoms with Crippen LogP contribution in [0, 0.1) is 0 Å². The topological polar surface area (TPSA) is 41.5 Å². The van der Waals surface area contributed by atoms with Crippen LogP contribution in [0.2, 0.25) is 0 Å². The Morgan fingerprint density at radius 3 is 2.94 bits per heavy atom. The van der Waals surface area contributed by atoms with Crippen LogP contribution in [-0.4, -0.2) is 25.4 Å². The van der Waals surface area contributed by atoms with Crippen LogP contribution < -0.4 is 10.1 Å². The summed E-state index contributed by atoms with van der Waals surface area (Å²) < 4.78 is 5.30. The SMILES string of the molecule is CCNC1(CCO)CCCc2cc(OC)ccc21. The van der Waals surface area contributed by atoms with Crippen LogP contribution in [0.1, 0.15) is 37.3 Å². The summed E-state index contributed by atoms with van der Waals surface area (Å²) in [6, 6.07) is 6.32. The van der Waals surface area contributed by atoms with Gasteiger partial charge in [-0.3, -0.25) is 0 Å². The molecule has 3 heteroatoms. The third-order valence-corrected chi connectivity index (χ3v) is 3.93. The number of aryl methyl sites for hydroxylation is 1. The predicted molar refractivity (Wildman–Crippen MR) is 73.0 cm³/mol. The smallest absolute Gasteiger partial charge is 0.119 e. The van der Waals surface area contributed by atoms with Gasteiger partial charge >= 0.3 is 0 Å². The molecule has 1 aromatic carbocycles. The molecule has 1 unspecified atom stereocenters. The molecule has 0 spiro atoms. The maximum atomic E-state index is 9.37. The van der Waals surface area contributed by atoms with E-state index in [0.29, 0.717) is 0 Å². The molecule has 0 aromatic heterocycles. The van der Waals surface area contributed by atoms with Crippen LogP contribution in [0.3, 0.4) is 0 Å². The molecule has 0 fully saturated rings. The minimum absolute atomic E-state index is 0.0522. The van der Waals surface area contributed by atoms with E-state index < -0.39 is 0 Å². The van der Waals surface area contributed by atoms with Gasteiger partial charge in [0.1, 0.15) is 5.75 Å². The Balaban J connectivity index is 2.41. The summed E-state index contributed by atoms with van der Waals surface area (Å²) in [6.45, 7) is 3.26. The van der Waals surface area contributed by atoms with E-state index >= 15 is 0 Å². The van der Waals surface area contributed by atoms with Crippen LogP contribution in [0.15, 0.2) is 18.2 Å². The van der Waals surface area contributed by atoms with Gasteiger partial charge in [0.25, 0.3) is 0 Å². The fraction of sp³-hybridized carbons (Fsp3) is 0.600. The zero-order chi connectivity index (χ0) is 13.0. The molecule has 2 rings (SSSR count). The third kappa shape index (κ3) is 2.38. The van der Waals surface area contributed by atoms with E-state index in [1.165, 1.54) is 11.1 Å². The Labute approximate surface area is 109 Å². The minimum Gasteiger partial charge on any atom is -0.497 e. The van der Waals surface area contributed by atoms with Crippen molar-refractivity contribution in [1.29, 1.82) is 0 Å². The van der Waals surface area contributed by atoms with Gasteiger partial charge in [0, 0.05) is 12.1 Å². The highest BCUT2D eigenvalue weighted by atomic mass is 16.5. The van der Waals surface area contributed by atoms with Crippen molar-refractivity contribution in [1.82, 2.24) is 5.32 Å². The Morgan fingerprint density at radius 2 is 2.28 bits per heavy atom. The molecule has 0 aliphatic heterocycles. The number of ether oxygens (including phenoxy) is 1. The maximum absolute atomic E-state index is 9.37. The summed E-state index contributed by atoms with van der Waals surface area (Å²) in [5.41, 5.74) is 2.64. The summed E-state index contributed by atoms with van der Waals surface area (Å²) in [5.74, 6) is 0.921. The first-order chi connectivity index (χ1) is 8.75. The van der Waals surface area contributed by atoms with Gasteiger partial charge in [-0.2, -0.15) is 0 Å². The lowest BCUT2D eigenvalue weighted by Gasteiger charge is -2.40. The standard InChI is InChI=1S/C15H23NO2/c1-3-16-15(9-10-17)8-4-5-12-11-13(18-2)6-7-14(12)15/h6-7,11,16-17H,3-5,8-10H2,1-2H3. The highest BCUT2D eigenvalue weighted by molar-refractivity contribution is 5.41. The minimum atomic E-state index is -0.0522. The number of rotatable bonds is 5. The first-order valence-corrected chi connectivity index (χ1v) is 6.79. The van der Waals surface area contributed by atoms with Crippen LogP contribution in [0.5, 0.6) is 5.75 Å². The number of nitrogens with one attached hydrogen (secondary N) is 1. The summed E-state index contributed by atoms with van der Waals surface area (Å²) in [5, 5.41) is 13.0. The lowest BCUT2D eigenvalue weighted by atomic mass is 9.74. The van der Waals surface area contributed by atoms with Gasteiger partial charge in [-0.05, 0) is 55.5 Å². The van der Waals surface area contributed by atoms with Crippen LogP contribution in [-0.2, 0) is 12.0 Å². The van der Waals surface area contributed by atoms with Gasteiger partial charge in [-0.15, -0.1) is 0 Å². The molecular weight excluding hydrogens is 226 g/mol. The molecule has 1 aliphatic rings. The monoisotopic (exact) mass is 249 g/mol. The molecule has 18 heavy (non-hydrogen) atoms. The van der Waals surface area contributed by atoms with E-state index in [4.69, 9.17) is 4.74 Å². The lowest BCUT2D eigenvalue weighted by molar-refractivity contribution is 0.191. The van der Waals surface area contributed by atoms with Crippen LogP contribution in [0.4, 0.5) is 0 Å². The van der Waals surface area contributed by atoms with Crippen molar-refractivity contribution in [2.24, 2.45) is 0 Å². The molecule has 0 radical (unpaired) electrons. The Hall–Kier alpha value is -1.06. The number of hydrogen-bond acceptors (Lipinski definition) is 3. The molecule has 1 atom stereocenters. The van der Waals surface area contributed by atoms with Gasteiger partial charge < -0.3 is 15.2 Å². The normalized spacial score (nSPS) is 22.6. The highest BCUT2D eigenvalue weighted by Gasteiger charge is 2.35. The van der Waals surface area contributed by atoms with Crippen LogP contribution >= 0.6 is 0 Å². The average molecular weight is 249 g/mol. The first-order valence-electron chi connectivity index (χ1n) is 6.79. The second-order valence-corrected chi connectivity index (χ2v) is 4.96. The van der Waals surface area contributed by atoms with Gasteiger partial charge in [-0.25, -0.2) is 0 Å². The van der Waals surface area contributed by atoms with Crippen molar-refractivity contribution in [3.05, 3.63) is 29.3 Å². The van der Waals surface area contributed by atoms with Crippen molar-refractivity contribution in [2.45, 2.75) is 38.1 Å². The largest absolute Gasteiger partial charge is 0.497 e. The molecule has 1 aliphatic carbocycles. The fourth-order valence-electron chi connectivity index (χ4n) is 3.15. The van der Waals surface area contributed by atoms with E-state index in [-0.39, 0.29) is 12.1 Å². The Morgan fingerprint density at radius 1 is 1.44 bits per heavy atom. The number of methoxy groups -OCH3 is 1. The van der Waals surface area contributed by atoms with Crippen molar-refractivity contribution in [2.75, 3.05) is 20.3 Å². The number of benzene rings is 1. The Bertz CT molecular complexity index is 397. The molecule has 0 heterocycles. The molecule has 0 amide bonds. The van der Waals surface area contributed by atoms with Crippen molar-refractivity contribution >= 4 is 0 Å². The number of hydrogen-bond donors (Lipinski definition) is 2.